The lowest BCUT2D eigenvalue weighted by Crippen LogP contribution is -2.19. The van der Waals surface area contributed by atoms with Gasteiger partial charge in [-0.2, -0.15) is 0 Å². The molecule has 0 heterocycles. The Balaban J connectivity index is 2.62. The van der Waals surface area contributed by atoms with Crippen LogP contribution in [-0.2, 0) is 16.0 Å². The normalized spacial score (nSPS) is 12.3. The number of methoxy groups -OCH3 is 1. The van der Waals surface area contributed by atoms with Gasteiger partial charge in [0.05, 0.1) is 13.5 Å². The molecular formula is C13H17ClO3. The third-order valence-corrected chi connectivity index (χ3v) is 2.89. The van der Waals surface area contributed by atoms with Gasteiger partial charge in [0.1, 0.15) is 5.75 Å². The molecule has 1 aromatic rings. The Kier molecular flexibility index (Phi) is 5.29. The Bertz CT molecular complexity index is 377. The van der Waals surface area contributed by atoms with Crippen LogP contribution in [0.5, 0.6) is 5.75 Å². The maximum Gasteiger partial charge on any atom is 0.311 e. The van der Waals surface area contributed by atoms with Crippen molar-refractivity contribution in [3.05, 3.63) is 29.8 Å². The lowest BCUT2D eigenvalue weighted by Gasteiger charge is -2.15. The summed E-state index contributed by atoms with van der Waals surface area (Å²) in [7, 11) is 1.57. The van der Waals surface area contributed by atoms with Crippen molar-refractivity contribution in [3.8, 4) is 5.75 Å². The van der Waals surface area contributed by atoms with Gasteiger partial charge in [-0.15, -0.1) is 0 Å². The minimum Gasteiger partial charge on any atom is -0.496 e. The highest BCUT2D eigenvalue weighted by Crippen LogP contribution is 2.19. The van der Waals surface area contributed by atoms with Crippen molar-refractivity contribution >= 4 is 17.6 Å². The number of esters is 1. The number of halogens is 1. The van der Waals surface area contributed by atoms with E-state index in [1.807, 2.05) is 38.1 Å². The molecule has 0 N–H and O–H groups in total. The SMILES string of the molecule is COc1ccccc1CC(=O)OC(Cl)C(C)C. The van der Waals surface area contributed by atoms with Gasteiger partial charge in [-0.3, -0.25) is 4.79 Å². The van der Waals surface area contributed by atoms with Crippen LogP contribution in [0.25, 0.3) is 0 Å². The standard InChI is InChI=1S/C13H17ClO3/c1-9(2)13(14)17-12(15)8-10-6-4-5-7-11(10)16-3/h4-7,9,13H,8H2,1-3H3. The number of ether oxygens (including phenoxy) is 2. The zero-order chi connectivity index (χ0) is 12.8. The zero-order valence-electron chi connectivity index (χ0n) is 10.3. The van der Waals surface area contributed by atoms with E-state index in [9.17, 15) is 4.79 Å². The van der Waals surface area contributed by atoms with Crippen LogP contribution < -0.4 is 4.74 Å². The van der Waals surface area contributed by atoms with Gasteiger partial charge in [0.2, 0.25) is 0 Å². The van der Waals surface area contributed by atoms with Crippen molar-refractivity contribution in [1.29, 1.82) is 0 Å². The van der Waals surface area contributed by atoms with Crippen LogP contribution in [0.2, 0.25) is 0 Å². The summed E-state index contributed by atoms with van der Waals surface area (Å²) in [6.07, 6.45) is 0.167. The molecule has 1 aromatic carbocycles. The van der Waals surface area contributed by atoms with Crippen molar-refractivity contribution in [2.24, 2.45) is 5.92 Å². The van der Waals surface area contributed by atoms with E-state index in [1.54, 1.807) is 7.11 Å². The summed E-state index contributed by atoms with van der Waals surface area (Å²) in [5, 5.41) is 0. The average Bonchev–Trinajstić information content (AvgIpc) is 2.29. The molecule has 0 aliphatic carbocycles. The van der Waals surface area contributed by atoms with Crippen LogP contribution in [0.1, 0.15) is 19.4 Å². The number of para-hydroxylation sites is 1. The van der Waals surface area contributed by atoms with Crippen LogP contribution >= 0.6 is 11.6 Å². The smallest absolute Gasteiger partial charge is 0.311 e. The first-order valence-corrected chi connectivity index (χ1v) is 5.93. The van der Waals surface area contributed by atoms with Gasteiger partial charge in [0, 0.05) is 11.5 Å². The van der Waals surface area contributed by atoms with Gasteiger partial charge < -0.3 is 9.47 Å². The minimum absolute atomic E-state index is 0.0956. The van der Waals surface area contributed by atoms with E-state index in [0.717, 1.165) is 5.56 Å². The number of hydrogen-bond donors (Lipinski definition) is 0. The molecule has 0 bridgehead atoms. The molecule has 17 heavy (non-hydrogen) atoms. The first kappa shape index (κ1) is 13.8. The van der Waals surface area contributed by atoms with Crippen molar-refractivity contribution in [2.75, 3.05) is 7.11 Å². The molecular weight excluding hydrogens is 240 g/mol. The second-order valence-corrected chi connectivity index (χ2v) is 4.50. The fourth-order valence-electron chi connectivity index (χ4n) is 1.31. The summed E-state index contributed by atoms with van der Waals surface area (Å²) in [4.78, 5) is 11.6. The Hall–Kier alpha value is -1.22. The Morgan fingerprint density at radius 3 is 2.59 bits per heavy atom. The van der Waals surface area contributed by atoms with E-state index in [1.165, 1.54) is 0 Å². The predicted octanol–water partition coefficient (Wildman–Crippen LogP) is 3.00. The predicted molar refractivity (Wildman–Crippen MR) is 67.3 cm³/mol. The topological polar surface area (TPSA) is 35.5 Å². The first-order chi connectivity index (χ1) is 8.04. The van der Waals surface area contributed by atoms with Crippen LogP contribution in [-0.4, -0.2) is 18.6 Å². The molecule has 0 radical (unpaired) electrons. The molecule has 1 rings (SSSR count). The van der Waals surface area contributed by atoms with Crippen LogP contribution in [0.4, 0.5) is 0 Å². The highest BCUT2D eigenvalue weighted by molar-refractivity contribution is 6.20. The fraction of sp³-hybridized carbons (Fsp3) is 0.462. The Labute approximate surface area is 107 Å². The van der Waals surface area contributed by atoms with E-state index >= 15 is 0 Å². The number of carbonyl (C=O) groups excluding carboxylic acids is 1. The van der Waals surface area contributed by atoms with E-state index in [4.69, 9.17) is 21.1 Å². The zero-order valence-corrected chi connectivity index (χ0v) is 11.0. The van der Waals surface area contributed by atoms with Gasteiger partial charge >= 0.3 is 5.97 Å². The van der Waals surface area contributed by atoms with E-state index in [-0.39, 0.29) is 18.3 Å². The summed E-state index contributed by atoms with van der Waals surface area (Å²) >= 11 is 5.88. The molecule has 0 saturated heterocycles. The maximum absolute atomic E-state index is 11.6. The minimum atomic E-state index is -0.586. The third kappa shape index (κ3) is 4.27. The highest BCUT2D eigenvalue weighted by atomic mass is 35.5. The molecule has 94 valence electrons. The fourth-order valence-corrected chi connectivity index (χ4v) is 1.41. The molecule has 1 atom stereocenters. The summed E-state index contributed by atoms with van der Waals surface area (Å²) in [6, 6.07) is 7.35. The van der Waals surface area contributed by atoms with Crippen molar-refractivity contribution < 1.29 is 14.3 Å². The molecule has 4 heteroatoms. The van der Waals surface area contributed by atoms with Crippen molar-refractivity contribution in [1.82, 2.24) is 0 Å². The molecule has 3 nitrogen and oxygen atoms in total. The largest absolute Gasteiger partial charge is 0.496 e. The quantitative estimate of drug-likeness (QED) is 0.600. The van der Waals surface area contributed by atoms with E-state index in [2.05, 4.69) is 0 Å². The molecule has 0 saturated carbocycles. The number of benzene rings is 1. The second-order valence-electron chi connectivity index (χ2n) is 4.07. The van der Waals surface area contributed by atoms with Gasteiger partial charge in [-0.05, 0) is 6.07 Å². The van der Waals surface area contributed by atoms with Crippen molar-refractivity contribution in [3.63, 3.8) is 0 Å². The van der Waals surface area contributed by atoms with Crippen LogP contribution in [0.3, 0.4) is 0 Å². The van der Waals surface area contributed by atoms with E-state index < -0.39 is 5.56 Å². The molecule has 0 amide bonds. The van der Waals surface area contributed by atoms with Crippen LogP contribution in [0, 0.1) is 5.92 Å². The number of carbonyl (C=O) groups is 1. The lowest BCUT2D eigenvalue weighted by atomic mass is 10.1. The first-order valence-electron chi connectivity index (χ1n) is 5.50. The van der Waals surface area contributed by atoms with Gasteiger partial charge in [0.25, 0.3) is 0 Å². The monoisotopic (exact) mass is 256 g/mol. The molecule has 0 fully saturated rings. The third-order valence-electron chi connectivity index (χ3n) is 2.30. The van der Waals surface area contributed by atoms with Gasteiger partial charge in [-0.25, -0.2) is 0 Å². The maximum atomic E-state index is 11.6. The van der Waals surface area contributed by atoms with Crippen LogP contribution in [0.15, 0.2) is 24.3 Å². The lowest BCUT2D eigenvalue weighted by molar-refractivity contribution is -0.146. The second kappa shape index (κ2) is 6.50. The summed E-state index contributed by atoms with van der Waals surface area (Å²) in [5.41, 5.74) is 0.213. The summed E-state index contributed by atoms with van der Waals surface area (Å²) in [5.74, 6) is 0.432. The van der Waals surface area contributed by atoms with Gasteiger partial charge in [-0.1, -0.05) is 43.6 Å². The number of rotatable bonds is 5. The molecule has 0 aromatic heterocycles. The van der Waals surface area contributed by atoms with Gasteiger partial charge in [0.15, 0.2) is 5.56 Å². The molecule has 0 aliphatic rings. The molecule has 0 spiro atoms. The summed E-state index contributed by atoms with van der Waals surface area (Å²) < 4.78 is 10.2. The number of alkyl halides is 1. The van der Waals surface area contributed by atoms with Crippen molar-refractivity contribution in [2.45, 2.75) is 25.8 Å². The van der Waals surface area contributed by atoms with E-state index in [0.29, 0.717) is 5.75 Å². The molecule has 0 aliphatic heterocycles. The molecule has 1 unspecified atom stereocenters. The summed E-state index contributed by atoms with van der Waals surface area (Å²) in [6.45, 7) is 3.79. The Morgan fingerprint density at radius 2 is 2.00 bits per heavy atom. The highest BCUT2D eigenvalue weighted by Gasteiger charge is 2.16. The average molecular weight is 257 g/mol. The Morgan fingerprint density at radius 1 is 1.35 bits per heavy atom. The number of hydrogen-bond acceptors (Lipinski definition) is 3.